The van der Waals surface area contributed by atoms with Crippen LogP contribution in [-0.4, -0.2) is 162 Å². The van der Waals surface area contributed by atoms with Crippen LogP contribution in [0.5, 0.6) is 23.0 Å². The number of ether oxygens (including phenoxy) is 6. The molecule has 3 fully saturated rings. The van der Waals surface area contributed by atoms with Gasteiger partial charge in [0.25, 0.3) is 0 Å². The first kappa shape index (κ1) is 44.6. The molecule has 3 aromatic rings. The fourth-order valence-corrected chi connectivity index (χ4v) is 7.44. The zero-order valence-electron chi connectivity index (χ0n) is 32.6. The molecule has 2 saturated heterocycles. The Bertz CT molecular complexity index is 1990. The van der Waals surface area contributed by atoms with E-state index in [1.165, 1.54) is 26.2 Å². The summed E-state index contributed by atoms with van der Waals surface area (Å²) in [5.74, 6) is -1.95. The van der Waals surface area contributed by atoms with Crippen LogP contribution in [0.25, 0.3) is 22.3 Å². The van der Waals surface area contributed by atoms with Gasteiger partial charge in [-0.15, -0.1) is 0 Å². The van der Waals surface area contributed by atoms with Gasteiger partial charge in [0.15, 0.2) is 18.2 Å². The second-order valence-electron chi connectivity index (χ2n) is 15.3. The molecule has 6 rings (SSSR count). The van der Waals surface area contributed by atoms with E-state index in [-0.39, 0.29) is 41.1 Å². The van der Waals surface area contributed by atoms with Crippen LogP contribution in [0.15, 0.2) is 51.2 Å². The number of methoxy groups -OCH3 is 1. The molecule has 0 radical (unpaired) electrons. The first-order valence-corrected chi connectivity index (χ1v) is 19.1. The van der Waals surface area contributed by atoms with Gasteiger partial charge in [-0.1, -0.05) is 11.6 Å². The number of hydrogen-bond donors (Lipinski definition) is 11. The first-order valence-electron chi connectivity index (χ1n) is 19.1. The third-order valence-corrected chi connectivity index (χ3v) is 11.0. The number of aliphatic hydroxyl groups excluding tert-OH is 10. The van der Waals surface area contributed by atoms with E-state index in [0.29, 0.717) is 5.75 Å². The van der Waals surface area contributed by atoms with E-state index in [4.69, 9.17) is 32.8 Å². The summed E-state index contributed by atoms with van der Waals surface area (Å²) in [6.07, 6.45) is -21.1. The molecule has 0 unspecified atom stereocenters. The first-order chi connectivity index (χ1) is 28.0. The summed E-state index contributed by atoms with van der Waals surface area (Å²) in [4.78, 5) is 14.8. The minimum absolute atomic E-state index is 0.0520. The van der Waals surface area contributed by atoms with E-state index < -0.39 is 127 Å². The number of fused-ring (bicyclic) bond motifs is 1. The summed E-state index contributed by atoms with van der Waals surface area (Å²) in [6.45, 7) is 3.73. The zero-order valence-corrected chi connectivity index (χ0v) is 32.6. The van der Waals surface area contributed by atoms with Crippen molar-refractivity contribution < 1.29 is 89.0 Å². The number of rotatable bonds is 12. The largest absolute Gasteiger partial charge is 0.507 e. The summed E-state index contributed by atoms with van der Waals surface area (Å²) >= 11 is 0. The molecule has 11 N–H and O–H groups in total. The smallest absolute Gasteiger partial charge is 0.239 e. The summed E-state index contributed by atoms with van der Waals surface area (Å²) < 4.78 is 41.4. The highest BCUT2D eigenvalue weighted by molar-refractivity contribution is 5.91. The Morgan fingerprint density at radius 3 is 2.12 bits per heavy atom. The number of aromatic hydroxyl groups is 1. The van der Waals surface area contributed by atoms with Gasteiger partial charge in [-0.2, -0.15) is 0 Å². The Morgan fingerprint density at radius 1 is 0.814 bits per heavy atom. The summed E-state index contributed by atoms with van der Waals surface area (Å²) in [6, 6.07) is 7.33. The molecule has 19 nitrogen and oxygen atoms in total. The van der Waals surface area contributed by atoms with Gasteiger partial charge in [-0.05, 0) is 57.9 Å². The van der Waals surface area contributed by atoms with Crippen molar-refractivity contribution in [1.29, 1.82) is 0 Å². The van der Waals surface area contributed by atoms with Crippen LogP contribution in [-0.2, 0) is 20.6 Å². The molecular weight excluding hydrogens is 784 g/mol. The quantitative estimate of drug-likeness (QED) is 0.0931. The molecule has 3 heterocycles. The maximum atomic E-state index is 14.8. The van der Waals surface area contributed by atoms with Crippen molar-refractivity contribution in [2.45, 2.75) is 119 Å². The van der Waals surface area contributed by atoms with E-state index in [9.17, 15) is 61.0 Å². The molecule has 1 saturated carbocycles. The van der Waals surface area contributed by atoms with Gasteiger partial charge >= 0.3 is 0 Å². The van der Waals surface area contributed by atoms with Gasteiger partial charge < -0.3 is 89.0 Å². The molecule has 2 aromatic carbocycles. The molecule has 3 aliphatic rings. The Labute approximate surface area is 337 Å². The van der Waals surface area contributed by atoms with Gasteiger partial charge in [0, 0.05) is 29.7 Å². The van der Waals surface area contributed by atoms with Crippen molar-refractivity contribution in [3.05, 3.63) is 57.8 Å². The molecule has 326 valence electrons. The molecule has 15 atom stereocenters. The predicted molar refractivity (Wildman–Crippen MR) is 203 cm³/mol. The lowest BCUT2D eigenvalue weighted by Crippen LogP contribution is -2.64. The Balaban J connectivity index is 1.50. The highest BCUT2D eigenvalue weighted by atomic mass is 16.8. The van der Waals surface area contributed by atoms with Crippen molar-refractivity contribution in [1.82, 2.24) is 0 Å². The van der Waals surface area contributed by atoms with Crippen molar-refractivity contribution >= 4 is 11.0 Å². The molecular formula is C40H52O19. The second kappa shape index (κ2) is 18.4. The number of phenolic OH excluding ortho intramolecular Hbond substituents is 1. The van der Waals surface area contributed by atoms with Gasteiger partial charge in [0.2, 0.25) is 17.5 Å². The third-order valence-electron chi connectivity index (χ3n) is 11.0. The topological polar surface area (TPSA) is 308 Å². The van der Waals surface area contributed by atoms with Crippen LogP contribution in [0.1, 0.15) is 32.8 Å². The Morgan fingerprint density at radius 2 is 1.49 bits per heavy atom. The fourth-order valence-electron chi connectivity index (χ4n) is 7.44. The van der Waals surface area contributed by atoms with Gasteiger partial charge in [0.1, 0.15) is 83.2 Å². The minimum Gasteiger partial charge on any atom is -0.507 e. The number of aliphatic hydroxyl groups is 10. The number of allylic oxidation sites excluding steroid dienone is 2. The summed E-state index contributed by atoms with van der Waals surface area (Å²) in [5, 5.41) is 116. The fraction of sp³-hybridized carbons (Fsp3) is 0.575. The summed E-state index contributed by atoms with van der Waals surface area (Å²) in [5.41, 5.74) is 0.171. The van der Waals surface area contributed by atoms with Gasteiger partial charge in [-0.25, -0.2) is 0 Å². The van der Waals surface area contributed by atoms with Crippen molar-refractivity contribution in [3.8, 4) is 34.3 Å². The van der Waals surface area contributed by atoms with Crippen molar-refractivity contribution in [2.24, 2.45) is 5.92 Å². The van der Waals surface area contributed by atoms with E-state index >= 15 is 0 Å². The molecule has 0 amide bonds. The molecule has 1 aromatic heterocycles. The lowest BCUT2D eigenvalue weighted by Gasteiger charge is -2.45. The second-order valence-corrected chi connectivity index (χ2v) is 15.3. The lowest BCUT2D eigenvalue weighted by atomic mass is 9.81. The van der Waals surface area contributed by atoms with Gasteiger partial charge in [0.05, 0.1) is 25.9 Å². The molecule has 19 heteroatoms. The average molecular weight is 837 g/mol. The standard InChI is InChI=1S/C40H52O19/c1-15(2)5-10-20-22(55-23-11-18(13-41)27(45)31(49)28(23)46)12-21(43)25-30(48)37(35(57-36(20)25)17-6-8-19(53-4)9-7-17)58-40-38(33(51)26(44)16(3)54-40)59-39-34(52)32(50)29(47)24(14-42)56-39/h5-9,12,16,18,23-24,26-29,31-34,38-47,49-52H,10-11,13-14H2,1-4H3/t16-,18+,23+,24+,26-,27+,28-,29+,31-,32-,33+,34+,38+,39-,40-/m0/s1. The SMILES string of the molecule is COc1ccc(-c2oc3c(CC=C(C)C)c(O[C@@H]4C[C@H](CO)[C@@H](O)[C@H](O)[C@H]4O)cc(O)c3c(=O)c2O[C@@H]2O[C@@H](C)[C@H](O)[C@@H](O)[C@H]2O[C@@H]2O[C@H](CO)[C@@H](O)[C@H](O)[C@H]2O)cc1. The molecule has 2 aliphatic heterocycles. The maximum absolute atomic E-state index is 14.8. The van der Waals surface area contributed by atoms with Crippen LogP contribution in [0.4, 0.5) is 0 Å². The number of hydrogen-bond acceptors (Lipinski definition) is 19. The van der Waals surface area contributed by atoms with Crippen molar-refractivity contribution in [3.63, 3.8) is 0 Å². The lowest BCUT2D eigenvalue weighted by molar-refractivity contribution is -0.355. The average Bonchev–Trinajstić information content (AvgIpc) is 3.21. The van der Waals surface area contributed by atoms with E-state index in [2.05, 4.69) is 0 Å². The summed E-state index contributed by atoms with van der Waals surface area (Å²) in [7, 11) is 1.45. The minimum atomic E-state index is -1.93. The highest BCUT2D eigenvalue weighted by Crippen LogP contribution is 2.42. The maximum Gasteiger partial charge on any atom is 0.239 e. The Kier molecular flexibility index (Phi) is 13.9. The molecule has 1 aliphatic carbocycles. The van der Waals surface area contributed by atoms with Crippen LogP contribution in [0.2, 0.25) is 0 Å². The number of benzene rings is 2. The van der Waals surface area contributed by atoms with E-state index in [0.717, 1.165) is 11.6 Å². The predicted octanol–water partition coefficient (Wildman–Crippen LogP) is -1.44. The monoisotopic (exact) mass is 836 g/mol. The van der Waals surface area contributed by atoms with Crippen molar-refractivity contribution in [2.75, 3.05) is 20.3 Å². The van der Waals surface area contributed by atoms with Crippen LogP contribution >= 0.6 is 0 Å². The van der Waals surface area contributed by atoms with Crippen LogP contribution < -0.4 is 19.6 Å². The van der Waals surface area contributed by atoms with E-state index in [1.54, 1.807) is 18.2 Å². The van der Waals surface area contributed by atoms with Crippen LogP contribution in [0, 0.1) is 5.92 Å². The zero-order chi connectivity index (χ0) is 43.0. The Hall–Kier alpha value is -3.93. The number of phenols is 1. The van der Waals surface area contributed by atoms with Crippen LogP contribution in [0.3, 0.4) is 0 Å². The normalized spacial score (nSPS) is 35.0. The molecule has 59 heavy (non-hydrogen) atoms. The highest BCUT2D eigenvalue weighted by Gasteiger charge is 2.51. The third kappa shape index (κ3) is 8.80. The molecule has 0 spiro atoms. The van der Waals surface area contributed by atoms with E-state index in [1.807, 2.05) is 13.8 Å². The molecule has 0 bridgehead atoms. The van der Waals surface area contributed by atoms with Gasteiger partial charge in [-0.3, -0.25) is 4.79 Å².